The van der Waals surface area contributed by atoms with Crippen LogP contribution >= 0.6 is 11.6 Å². The van der Waals surface area contributed by atoms with Crippen molar-refractivity contribution in [3.05, 3.63) is 18.0 Å². The van der Waals surface area contributed by atoms with Crippen molar-refractivity contribution in [2.45, 2.75) is 17.8 Å². The van der Waals surface area contributed by atoms with Crippen molar-refractivity contribution in [2.75, 3.05) is 0 Å². The van der Waals surface area contributed by atoms with Crippen LogP contribution in [-0.4, -0.2) is 21.2 Å². The third-order valence-corrected chi connectivity index (χ3v) is 2.04. The Kier molecular flexibility index (Phi) is 3.41. The zero-order valence-electron chi connectivity index (χ0n) is 7.54. The predicted molar refractivity (Wildman–Crippen MR) is 48.8 cm³/mol. The van der Waals surface area contributed by atoms with E-state index in [1.807, 2.05) is 5.43 Å². The lowest BCUT2D eigenvalue weighted by molar-refractivity contribution is 0.0498. The Morgan fingerprint density at radius 3 is 2.79 bits per heavy atom. The molecule has 1 rings (SSSR count). The summed E-state index contributed by atoms with van der Waals surface area (Å²) in [6.07, 6.45) is 1.64. The van der Waals surface area contributed by atoms with Crippen molar-refractivity contribution in [1.29, 1.82) is 0 Å². The van der Waals surface area contributed by atoms with Crippen LogP contribution in [0, 0.1) is 0 Å². The van der Waals surface area contributed by atoms with Gasteiger partial charge in [-0.05, 0) is 17.7 Å². The number of alkyl halides is 3. The third-order valence-electron chi connectivity index (χ3n) is 1.78. The summed E-state index contributed by atoms with van der Waals surface area (Å²) in [7, 11) is 1.70. The van der Waals surface area contributed by atoms with Gasteiger partial charge in [0.05, 0.1) is 5.69 Å². The number of hydrazine groups is 1. The van der Waals surface area contributed by atoms with Gasteiger partial charge in [0.15, 0.2) is 0 Å². The number of nitrogens with one attached hydrogen (secondary N) is 1. The number of hydrogen-bond donors (Lipinski definition) is 2. The van der Waals surface area contributed by atoms with E-state index in [1.54, 1.807) is 19.3 Å². The monoisotopic (exact) mass is 224 g/mol. The largest absolute Gasteiger partial charge is 0.338 e. The molecule has 1 atom stereocenters. The lowest BCUT2D eigenvalue weighted by Gasteiger charge is -2.19. The number of rotatable bonds is 4. The summed E-state index contributed by atoms with van der Waals surface area (Å²) in [5, 5.41) is 0.558. The minimum Gasteiger partial charge on any atom is -0.276 e. The van der Waals surface area contributed by atoms with E-state index < -0.39 is 11.4 Å². The van der Waals surface area contributed by atoms with Gasteiger partial charge in [-0.1, -0.05) is 0 Å². The van der Waals surface area contributed by atoms with Gasteiger partial charge in [-0.25, -0.2) is 5.43 Å². The molecule has 0 amide bonds. The minimum atomic E-state index is -3.38. The molecule has 0 aliphatic carbocycles. The van der Waals surface area contributed by atoms with Crippen LogP contribution in [0.25, 0.3) is 0 Å². The van der Waals surface area contributed by atoms with Gasteiger partial charge in [0.1, 0.15) is 6.04 Å². The van der Waals surface area contributed by atoms with Crippen LogP contribution in [0.2, 0.25) is 0 Å². The fourth-order valence-electron chi connectivity index (χ4n) is 1.05. The van der Waals surface area contributed by atoms with Crippen molar-refractivity contribution < 1.29 is 8.78 Å². The number of nitrogens with zero attached hydrogens (tertiary/aromatic N) is 2. The first-order valence-corrected chi connectivity index (χ1v) is 4.32. The minimum absolute atomic E-state index is 0.0200. The van der Waals surface area contributed by atoms with Crippen LogP contribution in [0.15, 0.2) is 12.3 Å². The summed E-state index contributed by atoms with van der Waals surface area (Å²) in [4.78, 5) is 0. The molecule has 0 aromatic carbocycles. The number of aryl methyl sites for hydroxylation is 1. The topological polar surface area (TPSA) is 55.9 Å². The Morgan fingerprint density at radius 1 is 1.79 bits per heavy atom. The molecule has 1 unspecified atom stereocenters. The molecule has 7 heteroatoms. The Bertz CT molecular complexity index is 296. The molecular weight excluding hydrogens is 214 g/mol. The van der Waals surface area contributed by atoms with E-state index in [0.717, 1.165) is 0 Å². The highest BCUT2D eigenvalue weighted by molar-refractivity contribution is 6.22. The maximum Gasteiger partial charge on any atom is 0.338 e. The first kappa shape index (κ1) is 11.4. The summed E-state index contributed by atoms with van der Waals surface area (Å²) in [5.41, 5.74) is 2.48. The standard InChI is InChI=1S/C7H11ClF2N4/c1-14-3-2-5(13-14)4-6(12-11)7(8,9)10/h2-3,6,12H,4,11H2,1H3. The zero-order chi connectivity index (χ0) is 10.8. The molecular formula is C7H11ClF2N4. The van der Waals surface area contributed by atoms with Gasteiger partial charge in [-0.15, -0.1) is 0 Å². The van der Waals surface area contributed by atoms with Gasteiger partial charge in [0.25, 0.3) is 0 Å². The smallest absolute Gasteiger partial charge is 0.276 e. The van der Waals surface area contributed by atoms with Crippen molar-refractivity contribution in [3.8, 4) is 0 Å². The van der Waals surface area contributed by atoms with Crippen LogP contribution in [-0.2, 0) is 13.5 Å². The first-order valence-electron chi connectivity index (χ1n) is 3.95. The quantitative estimate of drug-likeness (QED) is 0.448. The molecule has 1 heterocycles. The fourth-order valence-corrected chi connectivity index (χ4v) is 1.19. The van der Waals surface area contributed by atoms with Gasteiger partial charge in [0, 0.05) is 19.7 Å². The zero-order valence-corrected chi connectivity index (χ0v) is 8.30. The predicted octanol–water partition coefficient (Wildman–Crippen LogP) is 0.626. The van der Waals surface area contributed by atoms with Crippen LogP contribution < -0.4 is 11.3 Å². The summed E-state index contributed by atoms with van der Waals surface area (Å²) in [5.74, 6) is 4.96. The van der Waals surface area contributed by atoms with Crippen LogP contribution in [0.5, 0.6) is 0 Å². The van der Waals surface area contributed by atoms with E-state index in [4.69, 9.17) is 17.4 Å². The molecule has 1 aromatic heterocycles. The molecule has 0 aliphatic rings. The fraction of sp³-hybridized carbons (Fsp3) is 0.571. The Morgan fingerprint density at radius 2 is 2.43 bits per heavy atom. The molecule has 0 bridgehead atoms. The molecule has 0 fully saturated rings. The van der Waals surface area contributed by atoms with E-state index >= 15 is 0 Å². The van der Waals surface area contributed by atoms with Crippen LogP contribution in [0.1, 0.15) is 5.69 Å². The Labute approximate surface area is 85.0 Å². The average molecular weight is 225 g/mol. The van der Waals surface area contributed by atoms with Crippen LogP contribution in [0.4, 0.5) is 8.78 Å². The maximum atomic E-state index is 12.7. The second-order valence-electron chi connectivity index (χ2n) is 2.95. The number of hydrogen-bond acceptors (Lipinski definition) is 3. The van der Waals surface area contributed by atoms with Gasteiger partial charge < -0.3 is 0 Å². The Hall–Kier alpha value is -0.720. The maximum absolute atomic E-state index is 12.7. The van der Waals surface area contributed by atoms with Gasteiger partial charge >= 0.3 is 5.38 Å². The average Bonchev–Trinajstić information content (AvgIpc) is 2.45. The summed E-state index contributed by atoms with van der Waals surface area (Å²) in [6, 6.07) is 0.312. The van der Waals surface area contributed by atoms with Gasteiger partial charge in [0.2, 0.25) is 0 Å². The molecule has 0 saturated heterocycles. The highest BCUT2D eigenvalue weighted by atomic mass is 35.5. The molecule has 80 valence electrons. The molecule has 0 saturated carbocycles. The number of aromatic nitrogens is 2. The SMILES string of the molecule is Cn1ccc(CC(NN)C(F)(F)Cl)n1. The second kappa shape index (κ2) is 4.20. The molecule has 4 nitrogen and oxygen atoms in total. The van der Waals surface area contributed by atoms with E-state index in [1.165, 1.54) is 4.68 Å². The van der Waals surface area contributed by atoms with Gasteiger partial charge in [-0.2, -0.15) is 13.9 Å². The van der Waals surface area contributed by atoms with Crippen molar-refractivity contribution in [1.82, 2.24) is 15.2 Å². The molecule has 1 aromatic rings. The highest BCUT2D eigenvalue weighted by Crippen LogP contribution is 2.25. The summed E-state index contributed by atoms with van der Waals surface area (Å²) < 4.78 is 26.9. The summed E-state index contributed by atoms with van der Waals surface area (Å²) >= 11 is 4.85. The first-order chi connectivity index (χ1) is 6.43. The number of halogens is 3. The number of nitrogens with two attached hydrogens (primary N) is 1. The molecule has 0 radical (unpaired) electrons. The van der Waals surface area contributed by atoms with E-state index in [2.05, 4.69) is 5.10 Å². The summed E-state index contributed by atoms with van der Waals surface area (Å²) in [6.45, 7) is 0. The Balaban J connectivity index is 2.66. The third kappa shape index (κ3) is 2.90. The normalized spacial score (nSPS) is 14.4. The second-order valence-corrected chi connectivity index (χ2v) is 3.45. The van der Waals surface area contributed by atoms with Crippen molar-refractivity contribution in [2.24, 2.45) is 12.9 Å². The van der Waals surface area contributed by atoms with E-state index in [9.17, 15) is 8.78 Å². The van der Waals surface area contributed by atoms with E-state index in [0.29, 0.717) is 5.69 Å². The highest BCUT2D eigenvalue weighted by Gasteiger charge is 2.36. The van der Waals surface area contributed by atoms with Crippen molar-refractivity contribution >= 4 is 11.6 Å². The van der Waals surface area contributed by atoms with E-state index in [-0.39, 0.29) is 6.42 Å². The lowest BCUT2D eigenvalue weighted by Crippen LogP contribution is -2.47. The van der Waals surface area contributed by atoms with Crippen molar-refractivity contribution in [3.63, 3.8) is 0 Å². The molecule has 0 aliphatic heterocycles. The molecule has 0 spiro atoms. The molecule has 14 heavy (non-hydrogen) atoms. The molecule has 3 N–H and O–H groups in total. The van der Waals surface area contributed by atoms with Gasteiger partial charge in [-0.3, -0.25) is 10.5 Å². The van der Waals surface area contributed by atoms with Crippen LogP contribution in [0.3, 0.4) is 0 Å². The lowest BCUT2D eigenvalue weighted by atomic mass is 10.2.